The van der Waals surface area contributed by atoms with Gasteiger partial charge in [0.05, 0.1) is 5.75 Å². The zero-order valence-corrected chi connectivity index (χ0v) is 15.1. The van der Waals surface area contributed by atoms with Gasteiger partial charge in [-0.25, -0.2) is 0 Å². The monoisotopic (exact) mass is 380 g/mol. The topological polar surface area (TPSA) is 60.2 Å². The first kappa shape index (κ1) is 16.8. The second-order valence-corrected chi connectivity index (χ2v) is 6.98. The number of carbonyl (C=O) groups is 1. The fraction of sp³-hybridized carbons (Fsp3) is 0.0526. The minimum atomic E-state index is 0.0687. The molecular weight excluding hydrogens is 368 g/mol. The Morgan fingerprint density at radius 2 is 1.73 bits per heavy atom. The van der Waals surface area contributed by atoms with Crippen LogP contribution in [0.3, 0.4) is 0 Å². The zero-order chi connectivity index (χ0) is 17.9. The van der Waals surface area contributed by atoms with E-state index in [9.17, 15) is 4.79 Å². The molecule has 0 saturated heterocycles. The van der Waals surface area contributed by atoms with Crippen LogP contribution in [0.2, 0.25) is 5.02 Å². The summed E-state index contributed by atoms with van der Waals surface area (Å²) in [6.45, 7) is 0. The van der Waals surface area contributed by atoms with E-state index in [1.54, 1.807) is 16.6 Å². The summed E-state index contributed by atoms with van der Waals surface area (Å²) in [5.41, 5.74) is 2.22. The first-order chi connectivity index (χ1) is 12.7. The maximum Gasteiger partial charge on any atom is 0.185 e. The molecule has 0 N–H and O–H groups in total. The van der Waals surface area contributed by atoms with Crippen LogP contribution in [0.25, 0.3) is 17.0 Å². The van der Waals surface area contributed by atoms with Gasteiger partial charge in [0, 0.05) is 16.1 Å². The average Bonchev–Trinajstić information content (AvgIpc) is 3.10. The van der Waals surface area contributed by atoms with Gasteiger partial charge in [0.2, 0.25) is 0 Å². The lowest BCUT2D eigenvalue weighted by molar-refractivity contribution is 0.102. The molecule has 2 aromatic heterocycles. The molecule has 0 aliphatic rings. The van der Waals surface area contributed by atoms with E-state index in [1.165, 1.54) is 11.8 Å². The summed E-state index contributed by atoms with van der Waals surface area (Å²) < 4.78 is 1.68. The number of hydrogen-bond acceptors (Lipinski definition) is 5. The molecule has 0 saturated carbocycles. The van der Waals surface area contributed by atoms with Crippen LogP contribution in [0, 0.1) is 0 Å². The van der Waals surface area contributed by atoms with Crippen molar-refractivity contribution in [3.8, 4) is 11.4 Å². The molecule has 0 radical (unpaired) electrons. The lowest BCUT2D eigenvalue weighted by Gasteiger charge is -2.03. The highest BCUT2D eigenvalue weighted by atomic mass is 35.5. The molecule has 2 heterocycles. The highest BCUT2D eigenvalue weighted by Crippen LogP contribution is 2.22. The standard InChI is InChI=1S/C19H13ClN4OS/c20-15-8-6-14(7-9-15)19-22-21-17-10-11-18(23-24(17)19)26-12-16(25)13-4-2-1-3-5-13/h1-11H,12H2. The minimum Gasteiger partial charge on any atom is -0.293 e. The van der Waals surface area contributed by atoms with E-state index < -0.39 is 0 Å². The predicted molar refractivity (Wildman–Crippen MR) is 103 cm³/mol. The Balaban J connectivity index is 1.58. The molecule has 0 spiro atoms. The van der Waals surface area contributed by atoms with Crippen molar-refractivity contribution >= 4 is 34.8 Å². The molecule has 0 unspecified atom stereocenters. The van der Waals surface area contributed by atoms with Crippen LogP contribution in [0.15, 0.2) is 71.8 Å². The van der Waals surface area contributed by atoms with E-state index in [1.807, 2.05) is 54.6 Å². The van der Waals surface area contributed by atoms with E-state index in [-0.39, 0.29) is 5.78 Å². The molecule has 2 aromatic carbocycles. The van der Waals surface area contributed by atoms with Gasteiger partial charge in [0.15, 0.2) is 17.3 Å². The van der Waals surface area contributed by atoms with Crippen molar-refractivity contribution < 1.29 is 4.79 Å². The molecule has 0 atom stereocenters. The molecular formula is C19H13ClN4OS. The second kappa shape index (κ2) is 7.27. The Morgan fingerprint density at radius 1 is 0.962 bits per heavy atom. The van der Waals surface area contributed by atoms with E-state index >= 15 is 0 Å². The van der Waals surface area contributed by atoms with Crippen LogP contribution in [-0.2, 0) is 0 Å². The lowest BCUT2D eigenvalue weighted by Crippen LogP contribution is -2.03. The van der Waals surface area contributed by atoms with Gasteiger partial charge in [0.25, 0.3) is 0 Å². The molecule has 7 heteroatoms. The van der Waals surface area contributed by atoms with Crippen molar-refractivity contribution in [2.24, 2.45) is 0 Å². The number of halogens is 1. The summed E-state index contributed by atoms with van der Waals surface area (Å²) in [6, 6.07) is 20.3. The Bertz CT molecular complexity index is 1060. The number of thioether (sulfide) groups is 1. The number of aromatic nitrogens is 4. The summed E-state index contributed by atoms with van der Waals surface area (Å²) in [6.07, 6.45) is 0. The quantitative estimate of drug-likeness (QED) is 0.379. The number of fused-ring (bicyclic) bond motifs is 1. The zero-order valence-electron chi connectivity index (χ0n) is 13.5. The van der Waals surface area contributed by atoms with Crippen LogP contribution in [-0.4, -0.2) is 31.3 Å². The molecule has 5 nitrogen and oxygen atoms in total. The molecule has 0 aliphatic heterocycles. The van der Waals surface area contributed by atoms with Gasteiger partial charge >= 0.3 is 0 Å². The number of hydrogen-bond donors (Lipinski definition) is 0. The Labute approximate surface area is 159 Å². The van der Waals surface area contributed by atoms with E-state index in [0.717, 1.165) is 10.6 Å². The summed E-state index contributed by atoms with van der Waals surface area (Å²) >= 11 is 7.33. The largest absolute Gasteiger partial charge is 0.293 e. The van der Waals surface area contributed by atoms with Gasteiger partial charge in [-0.15, -0.1) is 10.2 Å². The Kier molecular flexibility index (Phi) is 4.69. The van der Waals surface area contributed by atoms with Crippen molar-refractivity contribution in [1.82, 2.24) is 19.8 Å². The summed E-state index contributed by atoms with van der Waals surface area (Å²) in [5, 5.41) is 14.3. The summed E-state index contributed by atoms with van der Waals surface area (Å²) in [4.78, 5) is 12.3. The number of carbonyl (C=O) groups excluding carboxylic acids is 1. The fourth-order valence-corrected chi connectivity index (χ4v) is 3.35. The smallest absolute Gasteiger partial charge is 0.185 e. The van der Waals surface area contributed by atoms with Crippen LogP contribution < -0.4 is 0 Å². The summed E-state index contributed by atoms with van der Waals surface area (Å²) in [5.74, 6) is 1.02. The Morgan fingerprint density at radius 3 is 2.50 bits per heavy atom. The number of benzene rings is 2. The third-order valence-corrected chi connectivity index (χ3v) is 4.96. The molecule has 0 amide bonds. The van der Waals surface area contributed by atoms with Crippen molar-refractivity contribution in [1.29, 1.82) is 0 Å². The van der Waals surface area contributed by atoms with Gasteiger partial charge in [-0.05, 0) is 36.4 Å². The van der Waals surface area contributed by atoms with Crippen LogP contribution in [0.4, 0.5) is 0 Å². The average molecular weight is 381 g/mol. The van der Waals surface area contributed by atoms with Gasteiger partial charge in [-0.2, -0.15) is 9.61 Å². The first-order valence-electron chi connectivity index (χ1n) is 7.90. The summed E-state index contributed by atoms with van der Waals surface area (Å²) in [7, 11) is 0. The van der Waals surface area contributed by atoms with Crippen molar-refractivity contribution in [3.05, 3.63) is 77.3 Å². The normalized spacial score (nSPS) is 11.0. The maximum absolute atomic E-state index is 12.3. The molecule has 26 heavy (non-hydrogen) atoms. The van der Waals surface area contributed by atoms with Gasteiger partial charge in [-0.1, -0.05) is 53.7 Å². The molecule has 128 valence electrons. The van der Waals surface area contributed by atoms with E-state index in [4.69, 9.17) is 11.6 Å². The van der Waals surface area contributed by atoms with Crippen molar-refractivity contribution in [3.63, 3.8) is 0 Å². The Hall–Kier alpha value is -2.70. The SMILES string of the molecule is O=C(CSc1ccc2nnc(-c3ccc(Cl)cc3)n2n1)c1ccccc1. The lowest BCUT2D eigenvalue weighted by atomic mass is 10.2. The molecule has 0 fully saturated rings. The second-order valence-electron chi connectivity index (χ2n) is 5.55. The maximum atomic E-state index is 12.3. The molecule has 4 rings (SSSR count). The molecule has 4 aromatic rings. The predicted octanol–water partition coefficient (Wildman–Crippen LogP) is 4.42. The number of ketones is 1. The van der Waals surface area contributed by atoms with Gasteiger partial charge in [0.1, 0.15) is 5.03 Å². The highest BCUT2D eigenvalue weighted by Gasteiger charge is 2.12. The van der Waals surface area contributed by atoms with Gasteiger partial charge in [-0.3, -0.25) is 4.79 Å². The third kappa shape index (κ3) is 3.47. The highest BCUT2D eigenvalue weighted by molar-refractivity contribution is 7.99. The number of rotatable bonds is 5. The van der Waals surface area contributed by atoms with Crippen LogP contribution in [0.5, 0.6) is 0 Å². The van der Waals surface area contributed by atoms with Crippen molar-refractivity contribution in [2.45, 2.75) is 5.03 Å². The van der Waals surface area contributed by atoms with Crippen LogP contribution in [0.1, 0.15) is 10.4 Å². The third-order valence-electron chi connectivity index (χ3n) is 3.79. The van der Waals surface area contributed by atoms with Crippen LogP contribution >= 0.6 is 23.4 Å². The molecule has 0 bridgehead atoms. The van der Waals surface area contributed by atoms with Gasteiger partial charge < -0.3 is 0 Å². The number of Topliss-reactive ketones (excluding diaryl/α,β-unsaturated/α-hetero) is 1. The minimum absolute atomic E-state index is 0.0687. The number of nitrogens with zero attached hydrogens (tertiary/aromatic N) is 4. The van der Waals surface area contributed by atoms with E-state index in [0.29, 0.717) is 27.8 Å². The van der Waals surface area contributed by atoms with E-state index in [2.05, 4.69) is 15.3 Å². The van der Waals surface area contributed by atoms with Crippen molar-refractivity contribution in [2.75, 3.05) is 5.75 Å². The first-order valence-corrected chi connectivity index (χ1v) is 9.26. The molecule has 0 aliphatic carbocycles. The fourth-order valence-electron chi connectivity index (χ4n) is 2.47.